The number of nitrogens with zero attached hydrogens (tertiary/aromatic N) is 4. The van der Waals surface area contributed by atoms with Crippen LogP contribution in [0.2, 0.25) is 0 Å². The van der Waals surface area contributed by atoms with E-state index >= 15 is 0 Å². The lowest BCUT2D eigenvalue weighted by Crippen LogP contribution is -2.45. The molecular weight excluding hydrogens is 256 g/mol. The van der Waals surface area contributed by atoms with Gasteiger partial charge in [0.2, 0.25) is 0 Å². The number of rotatable bonds is 3. The van der Waals surface area contributed by atoms with Gasteiger partial charge in [0, 0.05) is 29.6 Å². The average molecular weight is 280 g/mol. The highest BCUT2D eigenvalue weighted by molar-refractivity contribution is 7.98. The monoisotopic (exact) mass is 280 g/mol. The first-order valence-electron chi connectivity index (χ1n) is 7.08. The van der Waals surface area contributed by atoms with Gasteiger partial charge >= 0.3 is 0 Å². The summed E-state index contributed by atoms with van der Waals surface area (Å²) in [6, 6.07) is 1.42. The molecule has 3 atom stereocenters. The van der Waals surface area contributed by atoms with Crippen molar-refractivity contribution in [1.29, 1.82) is 0 Å². The van der Waals surface area contributed by atoms with Gasteiger partial charge in [-0.3, -0.25) is 9.58 Å². The molecule has 1 saturated carbocycles. The Hall–Kier alpha value is -0.550. The van der Waals surface area contributed by atoms with Gasteiger partial charge in [-0.1, -0.05) is 5.21 Å². The summed E-state index contributed by atoms with van der Waals surface area (Å²) >= 11 is 1.66. The molecule has 4 nitrogen and oxygen atoms in total. The smallest absolute Gasteiger partial charge is 0.138 e. The molecule has 2 heterocycles. The van der Waals surface area contributed by atoms with Crippen molar-refractivity contribution in [1.82, 2.24) is 19.9 Å². The third-order valence-electron chi connectivity index (χ3n) is 4.64. The maximum atomic E-state index is 4.26. The molecule has 1 aliphatic heterocycles. The molecule has 0 aromatic carbocycles. The molecule has 0 N–H and O–H groups in total. The fourth-order valence-electron chi connectivity index (χ4n) is 4.07. The lowest BCUT2D eigenvalue weighted by Gasteiger charge is -2.37. The Morgan fingerprint density at radius 1 is 1.42 bits per heavy atom. The van der Waals surface area contributed by atoms with E-state index in [0.717, 1.165) is 17.6 Å². The number of aromatic nitrogens is 3. The quantitative estimate of drug-likeness (QED) is 0.797. The first-order chi connectivity index (χ1) is 8.86. The predicted octanol–water partition coefficient (Wildman–Crippen LogP) is 2.65. The lowest BCUT2D eigenvalue weighted by molar-refractivity contribution is 0.104. The maximum absolute atomic E-state index is 4.26. The normalized spacial score (nSPS) is 34.6. The van der Waals surface area contributed by atoms with E-state index in [4.69, 9.17) is 0 Å². The van der Waals surface area contributed by atoms with Crippen LogP contribution in [0.1, 0.15) is 40.5 Å². The van der Waals surface area contributed by atoms with Crippen molar-refractivity contribution >= 4 is 11.8 Å². The van der Waals surface area contributed by atoms with Crippen LogP contribution < -0.4 is 0 Å². The molecule has 2 aliphatic rings. The van der Waals surface area contributed by atoms with Gasteiger partial charge in [-0.25, -0.2) is 0 Å². The molecule has 5 heteroatoms. The van der Waals surface area contributed by atoms with Gasteiger partial charge in [0.15, 0.2) is 0 Å². The zero-order valence-electron chi connectivity index (χ0n) is 12.6. The molecule has 1 aromatic rings. The minimum absolute atomic E-state index is 0.273. The minimum Gasteiger partial charge on any atom is -0.292 e. The molecule has 106 valence electrons. The van der Waals surface area contributed by atoms with Crippen LogP contribution in [0, 0.1) is 5.41 Å². The van der Waals surface area contributed by atoms with E-state index in [-0.39, 0.29) is 5.54 Å². The number of likely N-dealkylation sites (tertiary alicyclic amines) is 1. The molecule has 0 bridgehead atoms. The van der Waals surface area contributed by atoms with E-state index in [1.165, 1.54) is 12.8 Å². The molecule has 0 amide bonds. The zero-order valence-corrected chi connectivity index (χ0v) is 13.4. The SMILES string of the molecule is CSc1cn(C[C@@]23CC(C)N(C(C)(C)C)C2C3)nn1. The number of fused-ring (bicyclic) bond motifs is 1. The third kappa shape index (κ3) is 2.21. The standard InChI is InChI=1S/C14H24N4S/c1-10-6-14(7-11(14)18(10)13(2,3)4)9-17-8-12(19-5)15-16-17/h8,10-11H,6-7,9H2,1-5H3/t10?,11?,14-/m0/s1. The predicted molar refractivity (Wildman–Crippen MR) is 78.3 cm³/mol. The van der Waals surface area contributed by atoms with Crippen LogP contribution in [-0.2, 0) is 6.54 Å². The van der Waals surface area contributed by atoms with Crippen molar-refractivity contribution < 1.29 is 0 Å². The van der Waals surface area contributed by atoms with Crippen LogP contribution in [0.15, 0.2) is 11.2 Å². The van der Waals surface area contributed by atoms with Gasteiger partial charge in [-0.2, -0.15) is 0 Å². The van der Waals surface area contributed by atoms with Gasteiger partial charge in [-0.05, 0) is 46.8 Å². The van der Waals surface area contributed by atoms with Crippen LogP contribution in [-0.4, -0.2) is 43.8 Å². The van der Waals surface area contributed by atoms with Gasteiger partial charge in [0.25, 0.3) is 0 Å². The molecule has 1 aliphatic carbocycles. The molecule has 0 radical (unpaired) electrons. The first kappa shape index (κ1) is 13.4. The van der Waals surface area contributed by atoms with E-state index in [1.807, 2.05) is 10.9 Å². The largest absolute Gasteiger partial charge is 0.292 e. The first-order valence-corrected chi connectivity index (χ1v) is 8.31. The molecule has 2 unspecified atom stereocenters. The molecular formula is C14H24N4S. The molecule has 1 saturated heterocycles. The second kappa shape index (κ2) is 4.22. The Morgan fingerprint density at radius 3 is 2.68 bits per heavy atom. The number of piperidine rings is 1. The summed E-state index contributed by atoms with van der Waals surface area (Å²) in [5, 5.41) is 9.46. The maximum Gasteiger partial charge on any atom is 0.138 e. The molecule has 19 heavy (non-hydrogen) atoms. The topological polar surface area (TPSA) is 34.0 Å². The average Bonchev–Trinajstić information content (AvgIpc) is 2.70. The second-order valence-corrected chi connectivity index (χ2v) is 8.00. The Morgan fingerprint density at radius 2 is 2.16 bits per heavy atom. The highest BCUT2D eigenvalue weighted by Crippen LogP contribution is 2.62. The highest BCUT2D eigenvalue weighted by Gasteiger charge is 2.65. The van der Waals surface area contributed by atoms with E-state index in [9.17, 15) is 0 Å². The van der Waals surface area contributed by atoms with Crippen LogP contribution in [0.3, 0.4) is 0 Å². The van der Waals surface area contributed by atoms with Gasteiger partial charge in [0.05, 0.1) is 6.20 Å². The van der Waals surface area contributed by atoms with E-state index in [2.05, 4.69) is 49.1 Å². The number of thioether (sulfide) groups is 1. The summed E-state index contributed by atoms with van der Waals surface area (Å²) in [6.07, 6.45) is 6.75. The van der Waals surface area contributed by atoms with Crippen molar-refractivity contribution in [2.75, 3.05) is 6.26 Å². The van der Waals surface area contributed by atoms with Crippen molar-refractivity contribution in [2.24, 2.45) is 5.41 Å². The number of hydrogen-bond acceptors (Lipinski definition) is 4. The fraction of sp³-hybridized carbons (Fsp3) is 0.857. The minimum atomic E-state index is 0.273. The summed E-state index contributed by atoms with van der Waals surface area (Å²) in [6.45, 7) is 10.4. The van der Waals surface area contributed by atoms with Gasteiger partial charge in [0.1, 0.15) is 5.03 Å². The Balaban J connectivity index is 1.74. The Bertz CT molecular complexity index is 478. The van der Waals surface area contributed by atoms with Gasteiger partial charge in [-0.15, -0.1) is 16.9 Å². The summed E-state index contributed by atoms with van der Waals surface area (Å²) in [7, 11) is 0. The van der Waals surface area contributed by atoms with Crippen molar-refractivity contribution in [3.63, 3.8) is 0 Å². The molecule has 0 spiro atoms. The van der Waals surface area contributed by atoms with Crippen LogP contribution in [0.4, 0.5) is 0 Å². The number of hydrogen-bond donors (Lipinski definition) is 0. The van der Waals surface area contributed by atoms with E-state index in [0.29, 0.717) is 11.5 Å². The Kier molecular flexibility index (Phi) is 2.98. The van der Waals surface area contributed by atoms with Crippen molar-refractivity contribution in [3.8, 4) is 0 Å². The summed E-state index contributed by atoms with van der Waals surface area (Å²) in [5.41, 5.74) is 0.727. The Labute approximate surface area is 119 Å². The van der Waals surface area contributed by atoms with Crippen LogP contribution >= 0.6 is 11.8 Å². The van der Waals surface area contributed by atoms with Crippen molar-refractivity contribution in [3.05, 3.63) is 6.20 Å². The third-order valence-corrected chi connectivity index (χ3v) is 5.24. The molecule has 1 aromatic heterocycles. The molecule has 3 rings (SSSR count). The van der Waals surface area contributed by atoms with Gasteiger partial charge < -0.3 is 0 Å². The summed E-state index contributed by atoms with van der Waals surface area (Å²) in [5.74, 6) is 0. The van der Waals surface area contributed by atoms with Crippen LogP contribution in [0.5, 0.6) is 0 Å². The zero-order chi connectivity index (χ0) is 13.8. The van der Waals surface area contributed by atoms with Crippen molar-refractivity contribution in [2.45, 2.75) is 69.7 Å². The summed E-state index contributed by atoms with van der Waals surface area (Å²) in [4.78, 5) is 2.71. The van der Waals surface area contributed by atoms with Crippen LogP contribution in [0.25, 0.3) is 0 Å². The van der Waals surface area contributed by atoms with E-state index in [1.54, 1.807) is 11.8 Å². The fourth-order valence-corrected chi connectivity index (χ4v) is 4.42. The molecule has 2 fully saturated rings. The van der Waals surface area contributed by atoms with E-state index < -0.39 is 0 Å². The lowest BCUT2D eigenvalue weighted by atomic mass is 9.99. The highest BCUT2D eigenvalue weighted by atomic mass is 32.2. The second-order valence-electron chi connectivity index (χ2n) is 7.17. The summed E-state index contributed by atoms with van der Waals surface area (Å²) < 4.78 is 2.05.